The van der Waals surface area contributed by atoms with Crippen molar-refractivity contribution in [3.05, 3.63) is 23.9 Å². The fourth-order valence-electron chi connectivity index (χ4n) is 1.63. The van der Waals surface area contributed by atoms with Crippen LogP contribution in [0.4, 0.5) is 0 Å². The molecule has 0 aliphatic carbocycles. The molecule has 0 spiro atoms. The van der Waals surface area contributed by atoms with Crippen LogP contribution in [-0.2, 0) is 4.74 Å². The van der Waals surface area contributed by atoms with Gasteiger partial charge in [0.15, 0.2) is 0 Å². The van der Waals surface area contributed by atoms with Crippen LogP contribution in [0.15, 0.2) is 18.3 Å². The Morgan fingerprint density at radius 3 is 2.93 bits per heavy atom. The Hall–Kier alpha value is -1.13. The van der Waals surface area contributed by atoms with E-state index in [1.165, 1.54) is 0 Å². The Morgan fingerprint density at radius 1 is 1.57 bits per heavy atom. The molecule has 0 unspecified atom stereocenters. The minimum atomic E-state index is -0.00611. The van der Waals surface area contributed by atoms with Crippen molar-refractivity contribution >= 4 is 0 Å². The van der Waals surface area contributed by atoms with Gasteiger partial charge in [-0.3, -0.25) is 0 Å². The molecule has 2 N–H and O–H groups in total. The van der Waals surface area contributed by atoms with Gasteiger partial charge in [0.2, 0.25) is 5.88 Å². The smallest absolute Gasteiger partial charge is 0.212 e. The number of aromatic nitrogens is 1. The van der Waals surface area contributed by atoms with Gasteiger partial charge in [0, 0.05) is 30.5 Å². The molecule has 4 heteroatoms. The van der Waals surface area contributed by atoms with E-state index in [9.17, 15) is 0 Å². The van der Waals surface area contributed by atoms with Crippen molar-refractivity contribution in [2.75, 3.05) is 13.7 Å². The standard InChI is InChI=1S/C10H14N2O2/c1-13-9-3-2-7(6-12-9)10-8(11)4-5-14-10/h2-3,6,8,10H,4-5,11H2,1H3/t8-,10+/m0/s1. The maximum absolute atomic E-state index is 5.90. The highest BCUT2D eigenvalue weighted by molar-refractivity contribution is 5.21. The van der Waals surface area contributed by atoms with E-state index in [1.54, 1.807) is 13.3 Å². The summed E-state index contributed by atoms with van der Waals surface area (Å²) in [6.45, 7) is 0.734. The second-order valence-electron chi connectivity index (χ2n) is 3.38. The summed E-state index contributed by atoms with van der Waals surface area (Å²) in [6, 6.07) is 3.86. The van der Waals surface area contributed by atoms with Crippen LogP contribution < -0.4 is 10.5 Å². The van der Waals surface area contributed by atoms with E-state index in [1.807, 2.05) is 12.1 Å². The van der Waals surface area contributed by atoms with E-state index in [0.29, 0.717) is 5.88 Å². The number of ether oxygens (including phenoxy) is 2. The predicted octanol–water partition coefficient (Wildman–Crippen LogP) is 0.879. The van der Waals surface area contributed by atoms with Gasteiger partial charge in [0.05, 0.1) is 13.2 Å². The molecule has 1 aromatic heterocycles. The van der Waals surface area contributed by atoms with Gasteiger partial charge >= 0.3 is 0 Å². The minimum absolute atomic E-state index is 0.00611. The van der Waals surface area contributed by atoms with Crippen molar-refractivity contribution in [3.8, 4) is 5.88 Å². The van der Waals surface area contributed by atoms with Crippen molar-refractivity contribution in [1.82, 2.24) is 4.98 Å². The SMILES string of the molecule is COc1ccc([C@H]2OCC[C@@H]2N)cn1. The van der Waals surface area contributed by atoms with E-state index >= 15 is 0 Å². The molecule has 1 fully saturated rings. The van der Waals surface area contributed by atoms with Crippen LogP contribution in [0.1, 0.15) is 18.1 Å². The lowest BCUT2D eigenvalue weighted by Gasteiger charge is -2.14. The molecule has 1 aliphatic rings. The lowest BCUT2D eigenvalue weighted by molar-refractivity contribution is 0.105. The molecule has 1 aromatic rings. The number of rotatable bonds is 2. The maximum atomic E-state index is 5.90. The molecule has 0 radical (unpaired) electrons. The summed E-state index contributed by atoms with van der Waals surface area (Å²) in [5.74, 6) is 0.611. The largest absolute Gasteiger partial charge is 0.481 e. The third kappa shape index (κ3) is 1.71. The van der Waals surface area contributed by atoms with Crippen LogP contribution in [0.3, 0.4) is 0 Å². The normalized spacial score (nSPS) is 26.4. The van der Waals surface area contributed by atoms with E-state index < -0.39 is 0 Å². The van der Waals surface area contributed by atoms with Gasteiger partial charge in [0.25, 0.3) is 0 Å². The Labute approximate surface area is 83.0 Å². The van der Waals surface area contributed by atoms with Crippen LogP contribution in [-0.4, -0.2) is 24.7 Å². The monoisotopic (exact) mass is 194 g/mol. The highest BCUT2D eigenvalue weighted by Crippen LogP contribution is 2.27. The molecule has 76 valence electrons. The Kier molecular flexibility index (Phi) is 2.65. The number of methoxy groups -OCH3 is 1. The lowest BCUT2D eigenvalue weighted by Crippen LogP contribution is -2.23. The van der Waals surface area contributed by atoms with Gasteiger partial charge in [0.1, 0.15) is 0 Å². The van der Waals surface area contributed by atoms with Crippen molar-refractivity contribution in [2.45, 2.75) is 18.6 Å². The van der Waals surface area contributed by atoms with Crippen molar-refractivity contribution in [3.63, 3.8) is 0 Å². The summed E-state index contributed by atoms with van der Waals surface area (Å²) in [6.07, 6.45) is 2.67. The first-order chi connectivity index (χ1) is 6.81. The van der Waals surface area contributed by atoms with Crippen LogP contribution in [0.5, 0.6) is 5.88 Å². The highest BCUT2D eigenvalue weighted by Gasteiger charge is 2.26. The Morgan fingerprint density at radius 2 is 2.43 bits per heavy atom. The zero-order valence-corrected chi connectivity index (χ0v) is 8.14. The first kappa shape index (κ1) is 9.43. The molecule has 0 bridgehead atoms. The minimum Gasteiger partial charge on any atom is -0.481 e. The van der Waals surface area contributed by atoms with Crippen molar-refractivity contribution in [2.24, 2.45) is 5.73 Å². The number of hydrogen-bond donors (Lipinski definition) is 1. The predicted molar refractivity (Wildman–Crippen MR) is 52.1 cm³/mol. The molecule has 1 aliphatic heterocycles. The fraction of sp³-hybridized carbons (Fsp3) is 0.500. The first-order valence-electron chi connectivity index (χ1n) is 4.68. The summed E-state index contributed by atoms with van der Waals surface area (Å²) in [5.41, 5.74) is 6.92. The fourth-order valence-corrected chi connectivity index (χ4v) is 1.63. The molecule has 0 aromatic carbocycles. The highest BCUT2D eigenvalue weighted by atomic mass is 16.5. The second kappa shape index (κ2) is 3.94. The molecule has 1 saturated heterocycles. The van der Waals surface area contributed by atoms with Gasteiger partial charge in [-0.05, 0) is 12.5 Å². The van der Waals surface area contributed by atoms with Crippen LogP contribution in [0, 0.1) is 0 Å². The molecular formula is C10H14N2O2. The zero-order valence-electron chi connectivity index (χ0n) is 8.14. The zero-order chi connectivity index (χ0) is 9.97. The number of nitrogens with zero attached hydrogens (tertiary/aromatic N) is 1. The van der Waals surface area contributed by atoms with Gasteiger partial charge in [-0.25, -0.2) is 4.98 Å². The topological polar surface area (TPSA) is 57.4 Å². The number of hydrogen-bond acceptors (Lipinski definition) is 4. The Balaban J connectivity index is 2.16. The quantitative estimate of drug-likeness (QED) is 0.759. The van der Waals surface area contributed by atoms with Crippen LogP contribution in [0.25, 0.3) is 0 Å². The summed E-state index contributed by atoms with van der Waals surface area (Å²) in [7, 11) is 1.60. The molecular weight excluding hydrogens is 180 g/mol. The van der Waals surface area contributed by atoms with Crippen LogP contribution >= 0.6 is 0 Å². The average Bonchev–Trinajstić information content (AvgIpc) is 2.65. The molecule has 4 nitrogen and oxygen atoms in total. The van der Waals surface area contributed by atoms with Crippen molar-refractivity contribution in [1.29, 1.82) is 0 Å². The number of pyridine rings is 1. The maximum Gasteiger partial charge on any atom is 0.212 e. The molecule has 2 heterocycles. The lowest BCUT2D eigenvalue weighted by atomic mass is 10.1. The third-order valence-electron chi connectivity index (χ3n) is 2.43. The summed E-state index contributed by atoms with van der Waals surface area (Å²) in [5, 5.41) is 0. The molecule has 2 rings (SSSR count). The van der Waals surface area contributed by atoms with Gasteiger partial charge in [-0.15, -0.1) is 0 Å². The first-order valence-corrected chi connectivity index (χ1v) is 4.68. The molecule has 0 amide bonds. The van der Waals surface area contributed by atoms with E-state index in [0.717, 1.165) is 18.6 Å². The average molecular weight is 194 g/mol. The molecule has 2 atom stereocenters. The van der Waals surface area contributed by atoms with E-state index in [-0.39, 0.29) is 12.1 Å². The van der Waals surface area contributed by atoms with Gasteiger partial charge in [-0.1, -0.05) is 0 Å². The summed E-state index contributed by atoms with van der Waals surface area (Å²) >= 11 is 0. The summed E-state index contributed by atoms with van der Waals surface area (Å²) in [4.78, 5) is 4.12. The number of nitrogens with two attached hydrogens (primary N) is 1. The van der Waals surface area contributed by atoms with Gasteiger partial charge in [-0.2, -0.15) is 0 Å². The Bertz CT molecular complexity index is 299. The van der Waals surface area contributed by atoms with Gasteiger partial charge < -0.3 is 15.2 Å². The van der Waals surface area contributed by atoms with E-state index in [2.05, 4.69) is 4.98 Å². The van der Waals surface area contributed by atoms with Crippen LogP contribution in [0.2, 0.25) is 0 Å². The second-order valence-corrected chi connectivity index (χ2v) is 3.38. The third-order valence-corrected chi connectivity index (χ3v) is 2.43. The molecule has 0 saturated carbocycles. The summed E-state index contributed by atoms with van der Waals surface area (Å²) < 4.78 is 10.5. The molecule has 14 heavy (non-hydrogen) atoms. The van der Waals surface area contributed by atoms with E-state index in [4.69, 9.17) is 15.2 Å². The van der Waals surface area contributed by atoms with Crippen molar-refractivity contribution < 1.29 is 9.47 Å².